The van der Waals surface area contributed by atoms with Crippen molar-refractivity contribution in [3.05, 3.63) is 24.3 Å². The van der Waals surface area contributed by atoms with Crippen LogP contribution in [0.1, 0.15) is 26.7 Å². The molecule has 0 fully saturated rings. The first kappa shape index (κ1) is 7.48. The van der Waals surface area contributed by atoms with Crippen molar-refractivity contribution >= 4 is 0 Å². The van der Waals surface area contributed by atoms with Crippen molar-refractivity contribution in [2.75, 3.05) is 0 Å². The van der Waals surface area contributed by atoms with E-state index in [0.717, 1.165) is 0 Å². The van der Waals surface area contributed by atoms with Crippen molar-refractivity contribution < 1.29 is 0 Å². The topological polar surface area (TPSA) is 0 Å². The summed E-state index contributed by atoms with van der Waals surface area (Å²) in [5.74, 6) is 0. The molecule has 45 valence electrons. The minimum atomic E-state index is 1.18. The molecule has 0 aromatic rings. The van der Waals surface area contributed by atoms with E-state index in [4.69, 9.17) is 0 Å². The van der Waals surface area contributed by atoms with Crippen molar-refractivity contribution in [3.8, 4) is 0 Å². The fraction of sp³-hybridized carbons (Fsp3) is 0.500. The molecule has 8 heavy (non-hydrogen) atoms. The van der Waals surface area contributed by atoms with E-state index in [1.54, 1.807) is 0 Å². The Hall–Kier alpha value is -0.520. The first-order chi connectivity index (χ1) is 3.91. The summed E-state index contributed by atoms with van der Waals surface area (Å²) in [6.45, 7) is 4.07. The third kappa shape index (κ3) is 5.48. The van der Waals surface area contributed by atoms with Gasteiger partial charge in [0.15, 0.2) is 0 Å². The molecule has 0 saturated heterocycles. The molecular formula is C8H13. The van der Waals surface area contributed by atoms with Gasteiger partial charge in [0.2, 0.25) is 0 Å². The average Bonchev–Trinajstić information content (AvgIpc) is 1.81. The normalized spacial score (nSPS) is 11.8. The molecule has 0 aliphatic rings. The van der Waals surface area contributed by atoms with E-state index in [1.165, 1.54) is 12.8 Å². The summed E-state index contributed by atoms with van der Waals surface area (Å²) >= 11 is 0. The standard InChI is InChI=1S/C8H13/c1-3-5-7-8-6-4-2/h6-8H,3,5H2,1-2H3. The van der Waals surface area contributed by atoms with Crippen LogP contribution in [-0.4, -0.2) is 0 Å². The zero-order valence-electron chi connectivity index (χ0n) is 5.65. The molecule has 0 rings (SSSR count). The van der Waals surface area contributed by atoms with Crippen LogP contribution < -0.4 is 0 Å². The summed E-state index contributed by atoms with van der Waals surface area (Å²) in [7, 11) is 0. The molecule has 0 heteroatoms. The van der Waals surface area contributed by atoms with Gasteiger partial charge in [0.1, 0.15) is 0 Å². The first-order valence-electron chi connectivity index (χ1n) is 3.07. The van der Waals surface area contributed by atoms with Gasteiger partial charge in [0.25, 0.3) is 0 Å². The van der Waals surface area contributed by atoms with E-state index in [1.807, 2.05) is 19.1 Å². The molecule has 0 nitrogen and oxygen atoms in total. The van der Waals surface area contributed by atoms with E-state index in [0.29, 0.717) is 0 Å². The molecule has 0 aliphatic carbocycles. The third-order valence-corrected chi connectivity index (χ3v) is 0.854. The quantitative estimate of drug-likeness (QED) is 0.489. The maximum absolute atomic E-state index is 2.91. The molecule has 0 amide bonds. The fourth-order valence-corrected chi connectivity index (χ4v) is 0.427. The highest BCUT2D eigenvalue weighted by Crippen LogP contribution is 1.87. The summed E-state index contributed by atoms with van der Waals surface area (Å²) in [6, 6.07) is 0. The number of rotatable bonds is 3. The largest absolute Gasteiger partial charge is 0.0845 e. The van der Waals surface area contributed by atoms with E-state index >= 15 is 0 Å². The Morgan fingerprint density at radius 3 is 2.75 bits per heavy atom. The highest BCUT2D eigenvalue weighted by atomic mass is 13.7. The molecule has 0 N–H and O–H groups in total. The van der Waals surface area contributed by atoms with Crippen LogP contribution in [0.3, 0.4) is 0 Å². The Morgan fingerprint density at radius 2 is 2.25 bits per heavy atom. The van der Waals surface area contributed by atoms with Gasteiger partial charge in [0, 0.05) is 0 Å². The lowest BCUT2D eigenvalue weighted by molar-refractivity contribution is 0.959. The van der Waals surface area contributed by atoms with E-state index < -0.39 is 0 Å². The minimum Gasteiger partial charge on any atom is -0.0845 e. The molecule has 1 radical (unpaired) electrons. The predicted molar refractivity (Wildman–Crippen MR) is 37.5 cm³/mol. The number of hydrogen-bond acceptors (Lipinski definition) is 0. The third-order valence-electron chi connectivity index (χ3n) is 0.854. The lowest BCUT2D eigenvalue weighted by Gasteiger charge is -1.78. The summed E-state index contributed by atoms with van der Waals surface area (Å²) in [6.07, 6.45) is 11.4. The van der Waals surface area contributed by atoms with Crippen LogP contribution in [0.15, 0.2) is 18.2 Å². The SMILES string of the molecule is C/[C]=C/C=CCCC. The zero-order chi connectivity index (χ0) is 6.24. The summed E-state index contributed by atoms with van der Waals surface area (Å²) in [5.41, 5.74) is 0. The second-order valence-corrected chi connectivity index (χ2v) is 1.67. The Kier molecular flexibility index (Phi) is 6.06. The maximum Gasteiger partial charge on any atom is -0.0350 e. The predicted octanol–water partition coefficient (Wildman–Crippen LogP) is 2.72. The molecule has 0 aromatic heterocycles. The van der Waals surface area contributed by atoms with Crippen LogP contribution in [0.2, 0.25) is 0 Å². The number of unbranched alkanes of at least 4 members (excludes halogenated alkanes) is 1. The van der Waals surface area contributed by atoms with Crippen LogP contribution in [0.25, 0.3) is 0 Å². The molecule has 0 aliphatic heterocycles. The van der Waals surface area contributed by atoms with Crippen molar-refractivity contribution in [1.29, 1.82) is 0 Å². The van der Waals surface area contributed by atoms with Crippen LogP contribution in [0.4, 0.5) is 0 Å². The molecule has 0 unspecified atom stereocenters. The minimum absolute atomic E-state index is 1.18. The summed E-state index contributed by atoms with van der Waals surface area (Å²) in [4.78, 5) is 0. The van der Waals surface area contributed by atoms with Gasteiger partial charge >= 0.3 is 0 Å². The van der Waals surface area contributed by atoms with Crippen LogP contribution in [-0.2, 0) is 0 Å². The lowest BCUT2D eigenvalue weighted by atomic mass is 10.3. The second kappa shape index (κ2) is 6.48. The Labute approximate surface area is 51.9 Å². The van der Waals surface area contributed by atoms with Gasteiger partial charge in [-0.3, -0.25) is 0 Å². The van der Waals surface area contributed by atoms with Gasteiger partial charge < -0.3 is 0 Å². The fourth-order valence-electron chi connectivity index (χ4n) is 0.427. The van der Waals surface area contributed by atoms with Crippen LogP contribution in [0.5, 0.6) is 0 Å². The molecule has 0 spiro atoms. The van der Waals surface area contributed by atoms with Gasteiger partial charge in [-0.05, 0) is 19.4 Å². The van der Waals surface area contributed by atoms with E-state index in [9.17, 15) is 0 Å². The first-order valence-corrected chi connectivity index (χ1v) is 3.07. The Morgan fingerprint density at radius 1 is 1.50 bits per heavy atom. The molecule has 0 bridgehead atoms. The highest BCUT2D eigenvalue weighted by molar-refractivity contribution is 4.97. The molecule has 0 atom stereocenters. The highest BCUT2D eigenvalue weighted by Gasteiger charge is 1.67. The van der Waals surface area contributed by atoms with Gasteiger partial charge in [-0.25, -0.2) is 0 Å². The van der Waals surface area contributed by atoms with Gasteiger partial charge in [-0.15, -0.1) is 0 Å². The summed E-state index contributed by atoms with van der Waals surface area (Å²) in [5, 5.41) is 0. The lowest BCUT2D eigenvalue weighted by Crippen LogP contribution is -1.57. The smallest absolute Gasteiger partial charge is 0.0350 e. The van der Waals surface area contributed by atoms with Gasteiger partial charge in [-0.2, -0.15) is 0 Å². The molecule has 0 saturated carbocycles. The summed E-state index contributed by atoms with van der Waals surface area (Å²) < 4.78 is 0. The second-order valence-electron chi connectivity index (χ2n) is 1.67. The Bertz CT molecular complexity index is 78.0. The van der Waals surface area contributed by atoms with E-state index in [-0.39, 0.29) is 0 Å². The van der Waals surface area contributed by atoms with Crippen LogP contribution >= 0.6 is 0 Å². The van der Waals surface area contributed by atoms with Crippen molar-refractivity contribution in [2.24, 2.45) is 0 Å². The molecular weight excluding hydrogens is 96.1 g/mol. The number of hydrogen-bond donors (Lipinski definition) is 0. The maximum atomic E-state index is 2.91. The van der Waals surface area contributed by atoms with Gasteiger partial charge in [0.05, 0.1) is 0 Å². The van der Waals surface area contributed by atoms with E-state index in [2.05, 4.69) is 19.1 Å². The average molecular weight is 109 g/mol. The van der Waals surface area contributed by atoms with Crippen molar-refractivity contribution in [3.63, 3.8) is 0 Å². The number of allylic oxidation sites excluding steroid dienone is 4. The van der Waals surface area contributed by atoms with Gasteiger partial charge in [-0.1, -0.05) is 31.6 Å². The molecule has 0 aromatic carbocycles. The molecule has 0 heterocycles. The zero-order valence-corrected chi connectivity index (χ0v) is 5.65. The van der Waals surface area contributed by atoms with Crippen molar-refractivity contribution in [1.82, 2.24) is 0 Å². The monoisotopic (exact) mass is 109 g/mol. The van der Waals surface area contributed by atoms with Crippen molar-refractivity contribution in [2.45, 2.75) is 26.7 Å². The Balaban J connectivity index is 3.07. The van der Waals surface area contributed by atoms with Crippen LogP contribution in [0, 0.1) is 6.08 Å².